The Morgan fingerprint density at radius 3 is 2.57 bits per heavy atom. The van der Waals surface area contributed by atoms with Crippen molar-refractivity contribution in [2.24, 2.45) is 5.92 Å². The molecule has 0 aromatic heterocycles. The molecule has 2 heterocycles. The van der Waals surface area contributed by atoms with Crippen molar-refractivity contribution >= 4 is 16.2 Å². The van der Waals surface area contributed by atoms with Crippen molar-refractivity contribution in [3.63, 3.8) is 0 Å². The number of piperidine rings is 1. The van der Waals surface area contributed by atoms with Gasteiger partial charge in [0, 0.05) is 31.7 Å². The maximum Gasteiger partial charge on any atom is 0.310 e. The first-order valence-electron chi connectivity index (χ1n) is 8.30. The first-order valence-corrected chi connectivity index (χ1v) is 9.69. The second-order valence-corrected chi connectivity index (χ2v) is 8.86. The first-order chi connectivity index (χ1) is 10.7. The second-order valence-electron chi connectivity index (χ2n) is 6.93. The molecule has 2 unspecified atom stereocenters. The average molecular weight is 347 g/mol. The van der Waals surface area contributed by atoms with Gasteiger partial charge in [0.25, 0.3) is 10.2 Å². The molecule has 2 atom stereocenters. The Morgan fingerprint density at radius 1 is 1.30 bits per heavy atom. The van der Waals surface area contributed by atoms with Gasteiger partial charge in [0.1, 0.15) is 0 Å². The highest BCUT2D eigenvalue weighted by molar-refractivity contribution is 7.86. The van der Waals surface area contributed by atoms with Gasteiger partial charge in [0.2, 0.25) is 0 Å². The zero-order valence-electron chi connectivity index (χ0n) is 14.6. The van der Waals surface area contributed by atoms with Gasteiger partial charge < -0.3 is 9.64 Å². The summed E-state index contributed by atoms with van der Waals surface area (Å²) < 4.78 is 33.9. The zero-order valence-corrected chi connectivity index (χ0v) is 15.4. The largest absolute Gasteiger partial charge is 0.466 e. The van der Waals surface area contributed by atoms with Gasteiger partial charge in [0.15, 0.2) is 0 Å². The number of rotatable bonds is 5. The smallest absolute Gasteiger partial charge is 0.310 e. The molecule has 23 heavy (non-hydrogen) atoms. The molecule has 2 fully saturated rings. The summed E-state index contributed by atoms with van der Waals surface area (Å²) in [4.78, 5) is 14.0. The quantitative estimate of drug-likeness (QED) is 0.679. The fourth-order valence-electron chi connectivity index (χ4n) is 3.23. The van der Waals surface area contributed by atoms with Crippen molar-refractivity contribution in [1.82, 2.24) is 13.5 Å². The van der Waals surface area contributed by atoms with E-state index in [0.717, 1.165) is 6.42 Å². The minimum absolute atomic E-state index is 0.136. The molecule has 0 radical (unpaired) electrons. The molecule has 0 saturated carbocycles. The summed E-state index contributed by atoms with van der Waals surface area (Å²) in [6, 6.07) is 0. The molecule has 0 amide bonds. The summed E-state index contributed by atoms with van der Waals surface area (Å²) in [7, 11) is 0.444. The van der Waals surface area contributed by atoms with Gasteiger partial charge in [-0.05, 0) is 47.2 Å². The third-order valence-corrected chi connectivity index (χ3v) is 7.10. The molecular weight excluding hydrogens is 318 g/mol. The van der Waals surface area contributed by atoms with Crippen LogP contribution in [-0.2, 0) is 19.7 Å². The van der Waals surface area contributed by atoms with Crippen molar-refractivity contribution in [3.05, 3.63) is 0 Å². The van der Waals surface area contributed by atoms with Crippen LogP contribution in [0.3, 0.4) is 0 Å². The van der Waals surface area contributed by atoms with E-state index in [-0.39, 0.29) is 24.0 Å². The van der Waals surface area contributed by atoms with Gasteiger partial charge in [-0.1, -0.05) is 0 Å². The molecule has 7 nitrogen and oxygen atoms in total. The van der Waals surface area contributed by atoms with Crippen molar-refractivity contribution in [2.75, 3.05) is 46.9 Å². The molecule has 134 valence electrons. The van der Waals surface area contributed by atoms with E-state index in [4.69, 9.17) is 4.74 Å². The van der Waals surface area contributed by atoms with Crippen LogP contribution >= 0.6 is 0 Å². The van der Waals surface area contributed by atoms with Gasteiger partial charge >= 0.3 is 5.97 Å². The van der Waals surface area contributed by atoms with Crippen LogP contribution in [0.4, 0.5) is 0 Å². The fourth-order valence-corrected chi connectivity index (χ4v) is 5.05. The van der Waals surface area contributed by atoms with Crippen LogP contribution in [0.5, 0.6) is 0 Å². The number of hydrogen-bond acceptors (Lipinski definition) is 5. The third kappa shape index (κ3) is 3.87. The Labute approximate surface area is 139 Å². The van der Waals surface area contributed by atoms with E-state index in [1.54, 1.807) is 11.2 Å². The van der Waals surface area contributed by atoms with E-state index < -0.39 is 10.2 Å². The van der Waals surface area contributed by atoms with Crippen LogP contribution < -0.4 is 0 Å². The highest BCUT2D eigenvalue weighted by Gasteiger charge is 2.44. The number of nitrogens with zero attached hydrogens (tertiary/aromatic N) is 3. The van der Waals surface area contributed by atoms with Gasteiger partial charge in [-0.2, -0.15) is 17.0 Å². The van der Waals surface area contributed by atoms with E-state index in [1.165, 1.54) is 4.31 Å². The number of carbonyl (C=O) groups is 1. The second kappa shape index (κ2) is 7.04. The summed E-state index contributed by atoms with van der Waals surface area (Å²) in [5, 5.41) is 0. The standard InChI is InChI=1S/C15H29N3O4S/c1-5-22-14(19)13-7-6-9-17(11-13)23(20,21)18-10-8-15(2,12-18)16(3)4/h13H,5-12H2,1-4H3. The molecule has 0 spiro atoms. The zero-order chi connectivity index (χ0) is 17.3. The molecule has 0 aliphatic carbocycles. The van der Waals surface area contributed by atoms with E-state index in [0.29, 0.717) is 39.1 Å². The Kier molecular flexibility index (Phi) is 5.71. The number of esters is 1. The SMILES string of the molecule is CCOC(=O)C1CCCN(S(=O)(=O)N2CCC(C)(N(C)C)C2)C1. The highest BCUT2D eigenvalue weighted by atomic mass is 32.2. The van der Waals surface area contributed by atoms with Crippen molar-refractivity contribution in [3.8, 4) is 0 Å². The summed E-state index contributed by atoms with van der Waals surface area (Å²) >= 11 is 0. The lowest BCUT2D eigenvalue weighted by Crippen LogP contribution is -2.51. The molecule has 2 saturated heterocycles. The number of likely N-dealkylation sites (N-methyl/N-ethyl adjacent to an activating group) is 1. The summed E-state index contributed by atoms with van der Waals surface area (Å²) in [6.45, 7) is 5.90. The fraction of sp³-hybridized carbons (Fsp3) is 0.933. The topological polar surface area (TPSA) is 70.2 Å². The molecule has 0 N–H and O–H groups in total. The van der Waals surface area contributed by atoms with Crippen LogP contribution in [0.1, 0.15) is 33.1 Å². The molecular formula is C15H29N3O4S. The monoisotopic (exact) mass is 347 g/mol. The van der Waals surface area contributed by atoms with Crippen molar-refractivity contribution in [2.45, 2.75) is 38.6 Å². The normalized spacial score (nSPS) is 30.7. The minimum Gasteiger partial charge on any atom is -0.466 e. The lowest BCUT2D eigenvalue weighted by molar-refractivity contribution is -0.149. The van der Waals surface area contributed by atoms with Gasteiger partial charge in [-0.15, -0.1) is 0 Å². The Morgan fingerprint density at radius 2 is 2.00 bits per heavy atom. The van der Waals surface area contributed by atoms with Crippen LogP contribution in [0.15, 0.2) is 0 Å². The molecule has 2 aliphatic heterocycles. The molecule has 8 heteroatoms. The van der Waals surface area contributed by atoms with Crippen LogP contribution in [0.25, 0.3) is 0 Å². The average Bonchev–Trinajstić information content (AvgIpc) is 2.92. The van der Waals surface area contributed by atoms with Crippen LogP contribution in [0.2, 0.25) is 0 Å². The summed E-state index contributed by atoms with van der Waals surface area (Å²) in [6.07, 6.45) is 2.20. The lowest BCUT2D eigenvalue weighted by atomic mass is 10.0. The third-order valence-electron chi connectivity index (χ3n) is 5.15. The maximum atomic E-state index is 12.9. The number of ether oxygens (including phenoxy) is 1. The summed E-state index contributed by atoms with van der Waals surface area (Å²) in [5.41, 5.74) is -0.136. The van der Waals surface area contributed by atoms with E-state index >= 15 is 0 Å². The predicted octanol–water partition coefficient (Wildman–Crippen LogP) is 0.532. The first kappa shape index (κ1) is 18.6. The molecule has 0 aromatic rings. The molecule has 0 aromatic carbocycles. The van der Waals surface area contributed by atoms with Gasteiger partial charge in [-0.25, -0.2) is 0 Å². The van der Waals surface area contributed by atoms with Gasteiger partial charge in [0.05, 0.1) is 12.5 Å². The molecule has 2 rings (SSSR count). The van der Waals surface area contributed by atoms with Crippen molar-refractivity contribution in [1.29, 1.82) is 0 Å². The van der Waals surface area contributed by atoms with Crippen LogP contribution in [0, 0.1) is 5.92 Å². The predicted molar refractivity (Wildman–Crippen MR) is 88.1 cm³/mol. The number of hydrogen-bond donors (Lipinski definition) is 0. The molecule has 0 bridgehead atoms. The van der Waals surface area contributed by atoms with Crippen LogP contribution in [-0.4, -0.2) is 80.3 Å². The summed E-state index contributed by atoms with van der Waals surface area (Å²) in [5.74, 6) is -0.631. The van der Waals surface area contributed by atoms with Gasteiger partial charge in [-0.3, -0.25) is 4.79 Å². The minimum atomic E-state index is -3.52. The lowest BCUT2D eigenvalue weighted by Gasteiger charge is -2.35. The van der Waals surface area contributed by atoms with E-state index in [2.05, 4.69) is 11.8 Å². The maximum absolute atomic E-state index is 12.9. The van der Waals surface area contributed by atoms with Crippen molar-refractivity contribution < 1.29 is 17.9 Å². The number of carbonyl (C=O) groups excluding carboxylic acids is 1. The van der Waals surface area contributed by atoms with E-state index in [1.807, 2.05) is 14.1 Å². The molecule has 2 aliphatic rings. The highest BCUT2D eigenvalue weighted by Crippen LogP contribution is 2.30. The Hall–Kier alpha value is -0.700. The Bertz CT molecular complexity index is 537. The van der Waals surface area contributed by atoms with E-state index in [9.17, 15) is 13.2 Å². The Balaban J connectivity index is 2.06.